The first kappa shape index (κ1) is 45.6. The smallest absolute Gasteiger partial charge is 0.305 e. The van der Waals surface area contributed by atoms with Crippen LogP contribution in [0.4, 0.5) is 0 Å². The molecule has 0 radical (unpaired) electrons. The van der Waals surface area contributed by atoms with Crippen LogP contribution in [-0.2, 0) is 57.0 Å². The zero-order chi connectivity index (χ0) is 34.1. The molecule has 0 rings (SSSR count). The molecule has 12 nitrogen and oxygen atoms in total. The van der Waals surface area contributed by atoms with Gasteiger partial charge >= 0.3 is 11.9 Å². The minimum atomic E-state index is -0.149. The molecule has 0 unspecified atom stereocenters. The molecule has 0 bridgehead atoms. The molecular formula is C35H68O12. The molecule has 47 heavy (non-hydrogen) atoms. The lowest BCUT2D eigenvalue weighted by Crippen LogP contribution is -2.15. The van der Waals surface area contributed by atoms with Crippen molar-refractivity contribution in [2.75, 3.05) is 119 Å². The third kappa shape index (κ3) is 40.7. The summed E-state index contributed by atoms with van der Waals surface area (Å²) in [4.78, 5) is 23.3. The Hall–Kier alpha value is -1.38. The Balaban J connectivity index is 3.13. The average Bonchev–Trinajstić information content (AvgIpc) is 3.07. The van der Waals surface area contributed by atoms with Gasteiger partial charge in [-0.05, 0) is 12.8 Å². The number of unbranched alkanes of at least 4 members (excludes halogenated alkanes) is 9. The topological polar surface area (TPSA) is 126 Å². The van der Waals surface area contributed by atoms with E-state index in [9.17, 15) is 9.59 Å². The van der Waals surface area contributed by atoms with Crippen LogP contribution in [0.25, 0.3) is 0 Å². The first-order valence-electron chi connectivity index (χ1n) is 18.1. The largest absolute Gasteiger partial charge is 0.463 e. The molecule has 0 aromatic heterocycles. The van der Waals surface area contributed by atoms with E-state index in [1.807, 2.05) is 0 Å². The molecule has 0 aliphatic carbocycles. The normalized spacial score (nSPS) is 11.3. The van der Waals surface area contributed by atoms with E-state index < -0.39 is 0 Å². The summed E-state index contributed by atoms with van der Waals surface area (Å²) >= 11 is 0. The van der Waals surface area contributed by atoms with Crippen LogP contribution < -0.4 is 0 Å². The fourth-order valence-corrected chi connectivity index (χ4v) is 4.14. The van der Waals surface area contributed by atoms with Gasteiger partial charge in [0.1, 0.15) is 13.2 Å². The van der Waals surface area contributed by atoms with E-state index in [1.165, 1.54) is 44.9 Å². The number of ether oxygens (including phenoxy) is 10. The lowest BCUT2D eigenvalue weighted by atomic mass is 10.1. The molecular weight excluding hydrogens is 612 g/mol. The molecule has 0 aromatic rings. The number of hydrogen-bond donors (Lipinski definition) is 0. The summed E-state index contributed by atoms with van der Waals surface area (Å²) in [6, 6.07) is 0. The molecule has 0 fully saturated rings. The highest BCUT2D eigenvalue weighted by atomic mass is 16.6. The van der Waals surface area contributed by atoms with Crippen LogP contribution in [0.2, 0.25) is 0 Å². The van der Waals surface area contributed by atoms with Gasteiger partial charge < -0.3 is 47.4 Å². The molecule has 12 heteroatoms. The average molecular weight is 681 g/mol. The summed E-state index contributed by atoms with van der Waals surface area (Å²) in [6.45, 7) is 12.4. The fraction of sp³-hybridized carbons (Fsp3) is 0.943. The predicted molar refractivity (Wildman–Crippen MR) is 180 cm³/mol. The number of carbonyl (C=O) groups excluding carboxylic acids is 2. The van der Waals surface area contributed by atoms with E-state index in [4.69, 9.17) is 47.4 Å². The van der Waals surface area contributed by atoms with Crippen LogP contribution in [0, 0.1) is 0 Å². The van der Waals surface area contributed by atoms with Crippen molar-refractivity contribution in [3.8, 4) is 0 Å². The van der Waals surface area contributed by atoms with Crippen molar-refractivity contribution in [1.82, 2.24) is 0 Å². The second-order valence-electron chi connectivity index (χ2n) is 11.0. The Labute approximate surface area is 285 Å². The highest BCUT2D eigenvalue weighted by molar-refractivity contribution is 5.69. The summed E-state index contributed by atoms with van der Waals surface area (Å²) in [7, 11) is 0. The third-order valence-corrected chi connectivity index (χ3v) is 6.80. The molecule has 0 N–H and O–H groups in total. The van der Waals surface area contributed by atoms with Gasteiger partial charge in [0, 0.05) is 12.8 Å². The van der Waals surface area contributed by atoms with Crippen LogP contribution in [0.3, 0.4) is 0 Å². The first-order chi connectivity index (χ1) is 23.2. The lowest BCUT2D eigenvalue weighted by molar-refractivity contribution is -0.146. The summed E-state index contributed by atoms with van der Waals surface area (Å²) in [5.41, 5.74) is 0. The molecule has 0 aliphatic heterocycles. The van der Waals surface area contributed by atoms with Gasteiger partial charge in [-0.2, -0.15) is 0 Å². The van der Waals surface area contributed by atoms with E-state index in [2.05, 4.69) is 13.8 Å². The SMILES string of the molecule is CCCCCCCCC(=O)OCCOCCOCCOCCOCCOCCOCCOCCOCCOC(=O)CCCCCCC. The minimum Gasteiger partial charge on any atom is -0.463 e. The Morgan fingerprint density at radius 2 is 0.511 bits per heavy atom. The van der Waals surface area contributed by atoms with Gasteiger partial charge in [0.15, 0.2) is 0 Å². The lowest BCUT2D eigenvalue weighted by Gasteiger charge is -2.09. The van der Waals surface area contributed by atoms with Crippen LogP contribution in [0.1, 0.15) is 97.3 Å². The van der Waals surface area contributed by atoms with Crippen molar-refractivity contribution in [3.63, 3.8) is 0 Å². The van der Waals surface area contributed by atoms with Gasteiger partial charge in [-0.1, -0.05) is 71.6 Å². The van der Waals surface area contributed by atoms with Crippen molar-refractivity contribution in [2.45, 2.75) is 97.3 Å². The zero-order valence-corrected chi connectivity index (χ0v) is 29.8. The van der Waals surface area contributed by atoms with Gasteiger partial charge in [0.05, 0.1) is 106 Å². The van der Waals surface area contributed by atoms with Crippen molar-refractivity contribution < 1.29 is 57.0 Å². The van der Waals surface area contributed by atoms with Crippen LogP contribution in [0.15, 0.2) is 0 Å². The third-order valence-electron chi connectivity index (χ3n) is 6.80. The van der Waals surface area contributed by atoms with Crippen LogP contribution >= 0.6 is 0 Å². The fourth-order valence-electron chi connectivity index (χ4n) is 4.14. The van der Waals surface area contributed by atoms with E-state index in [0.717, 1.165) is 25.7 Å². The first-order valence-corrected chi connectivity index (χ1v) is 18.1. The molecule has 0 saturated carbocycles. The van der Waals surface area contributed by atoms with Gasteiger partial charge in [-0.25, -0.2) is 0 Å². The summed E-state index contributed by atoms with van der Waals surface area (Å²) in [5.74, 6) is -0.293. The van der Waals surface area contributed by atoms with Crippen LogP contribution in [-0.4, -0.2) is 131 Å². The Bertz CT molecular complexity index is 638. The maximum atomic E-state index is 11.7. The maximum absolute atomic E-state index is 11.7. The quantitative estimate of drug-likeness (QED) is 0.0615. The van der Waals surface area contributed by atoms with Crippen molar-refractivity contribution in [2.24, 2.45) is 0 Å². The molecule has 0 amide bonds. The zero-order valence-electron chi connectivity index (χ0n) is 29.8. The Kier molecular flexibility index (Phi) is 39.6. The van der Waals surface area contributed by atoms with Crippen molar-refractivity contribution in [3.05, 3.63) is 0 Å². The highest BCUT2D eigenvalue weighted by Crippen LogP contribution is 2.07. The van der Waals surface area contributed by atoms with E-state index in [-0.39, 0.29) is 25.2 Å². The Morgan fingerprint density at radius 1 is 0.298 bits per heavy atom. The van der Waals surface area contributed by atoms with Crippen molar-refractivity contribution >= 4 is 11.9 Å². The van der Waals surface area contributed by atoms with Crippen LogP contribution in [0.5, 0.6) is 0 Å². The Morgan fingerprint density at radius 3 is 0.766 bits per heavy atom. The molecule has 280 valence electrons. The van der Waals surface area contributed by atoms with E-state index in [1.54, 1.807) is 0 Å². The monoisotopic (exact) mass is 680 g/mol. The molecule has 0 spiro atoms. The molecule has 0 atom stereocenters. The number of hydrogen-bond acceptors (Lipinski definition) is 12. The summed E-state index contributed by atoms with van der Waals surface area (Å²) in [6.07, 6.45) is 13.5. The molecule has 0 saturated heterocycles. The standard InChI is InChI=1S/C35H68O12/c1-3-5-7-9-11-13-15-35(37)47-33-31-45-29-27-43-25-23-41-21-19-39-17-16-38-18-20-40-22-24-42-26-28-44-30-32-46-34(36)14-12-10-8-6-4-2/h3-33H2,1-2H3. The van der Waals surface area contributed by atoms with E-state index >= 15 is 0 Å². The summed E-state index contributed by atoms with van der Waals surface area (Å²) in [5, 5.41) is 0. The van der Waals surface area contributed by atoms with E-state index in [0.29, 0.717) is 119 Å². The summed E-state index contributed by atoms with van der Waals surface area (Å²) < 4.78 is 54.0. The van der Waals surface area contributed by atoms with Gasteiger partial charge in [-0.3, -0.25) is 9.59 Å². The number of rotatable bonds is 40. The minimum absolute atomic E-state index is 0.145. The van der Waals surface area contributed by atoms with Gasteiger partial charge in [0.25, 0.3) is 0 Å². The molecule has 0 aromatic carbocycles. The molecule has 0 heterocycles. The number of esters is 2. The second kappa shape index (κ2) is 40.8. The second-order valence-corrected chi connectivity index (χ2v) is 11.0. The maximum Gasteiger partial charge on any atom is 0.305 e. The number of carbonyl (C=O) groups is 2. The van der Waals surface area contributed by atoms with Gasteiger partial charge in [-0.15, -0.1) is 0 Å². The predicted octanol–water partition coefficient (Wildman–Crippen LogP) is 5.32. The van der Waals surface area contributed by atoms with Gasteiger partial charge in [0.2, 0.25) is 0 Å². The highest BCUT2D eigenvalue weighted by Gasteiger charge is 2.04. The van der Waals surface area contributed by atoms with Crippen molar-refractivity contribution in [1.29, 1.82) is 0 Å². The molecule has 0 aliphatic rings.